The van der Waals surface area contributed by atoms with Crippen LogP contribution in [0.2, 0.25) is 0 Å². The summed E-state index contributed by atoms with van der Waals surface area (Å²) in [6.07, 6.45) is 16.2. The summed E-state index contributed by atoms with van der Waals surface area (Å²) in [6, 6.07) is 8.35. The van der Waals surface area contributed by atoms with Gasteiger partial charge in [-0.1, -0.05) is 77.0 Å². The van der Waals surface area contributed by atoms with Crippen LogP contribution in [0.3, 0.4) is 0 Å². The lowest BCUT2D eigenvalue weighted by Crippen LogP contribution is -2.17. The molecule has 0 aliphatic heterocycles. The maximum Gasteiger partial charge on any atom is 0.127 e. The van der Waals surface area contributed by atoms with E-state index < -0.39 is 0 Å². The first-order valence-electron chi connectivity index (χ1n) is 12.9. The Bertz CT molecular complexity index is 765. The maximum absolute atomic E-state index is 5.72. The van der Waals surface area contributed by atoms with Crippen molar-refractivity contribution in [1.29, 1.82) is 0 Å². The van der Waals surface area contributed by atoms with Crippen molar-refractivity contribution in [1.82, 2.24) is 5.32 Å². The third-order valence-corrected chi connectivity index (χ3v) is 6.40. The Kier molecular flexibility index (Phi) is 12.2. The lowest BCUT2D eigenvalue weighted by atomic mass is 9.85. The number of rotatable bonds is 13. The molecule has 0 aromatic heterocycles. The van der Waals surface area contributed by atoms with Crippen molar-refractivity contribution in [3.63, 3.8) is 0 Å². The van der Waals surface area contributed by atoms with E-state index >= 15 is 0 Å². The smallest absolute Gasteiger partial charge is 0.127 e. The number of para-hydroxylation sites is 1. The summed E-state index contributed by atoms with van der Waals surface area (Å²) in [5.41, 5.74) is 5.77. The second kappa shape index (κ2) is 14.9. The second-order valence-electron chi connectivity index (χ2n) is 9.31. The fourth-order valence-corrected chi connectivity index (χ4v) is 4.60. The zero-order valence-corrected chi connectivity index (χ0v) is 21.3. The molecule has 0 radical (unpaired) electrons. The Morgan fingerprint density at radius 3 is 2.50 bits per heavy atom. The van der Waals surface area contributed by atoms with Crippen molar-refractivity contribution in [2.24, 2.45) is 10.9 Å². The summed E-state index contributed by atoms with van der Waals surface area (Å²) in [5, 5.41) is 3.66. The molecule has 178 valence electrons. The third-order valence-electron chi connectivity index (χ3n) is 6.40. The Morgan fingerprint density at radius 1 is 1.09 bits per heavy atom. The summed E-state index contributed by atoms with van der Waals surface area (Å²) in [4.78, 5) is 5.32. The molecule has 3 nitrogen and oxygen atoms in total. The van der Waals surface area contributed by atoms with Gasteiger partial charge in [-0.2, -0.15) is 0 Å². The number of unbranched alkanes of at least 4 members (excludes halogenated alkanes) is 1. The van der Waals surface area contributed by atoms with Crippen molar-refractivity contribution in [3.8, 4) is 5.75 Å². The van der Waals surface area contributed by atoms with Gasteiger partial charge in [0.25, 0.3) is 0 Å². The van der Waals surface area contributed by atoms with Crippen LogP contribution >= 0.6 is 0 Å². The average Bonchev–Trinajstić information content (AvgIpc) is 2.81. The first-order valence-corrected chi connectivity index (χ1v) is 12.9. The van der Waals surface area contributed by atoms with Crippen LogP contribution in [-0.4, -0.2) is 19.4 Å². The topological polar surface area (TPSA) is 33.6 Å². The van der Waals surface area contributed by atoms with Crippen LogP contribution in [0.15, 0.2) is 52.3 Å². The molecule has 1 fully saturated rings. The highest BCUT2D eigenvalue weighted by molar-refractivity contribution is 6.03. The van der Waals surface area contributed by atoms with Crippen molar-refractivity contribution >= 4 is 5.71 Å². The van der Waals surface area contributed by atoms with E-state index in [1.54, 1.807) is 7.11 Å². The van der Waals surface area contributed by atoms with Gasteiger partial charge in [0.15, 0.2) is 0 Å². The molecule has 0 saturated heterocycles. The molecule has 1 aliphatic carbocycles. The van der Waals surface area contributed by atoms with E-state index in [2.05, 4.69) is 57.3 Å². The molecule has 2 rings (SSSR count). The summed E-state index contributed by atoms with van der Waals surface area (Å²) < 4.78 is 5.72. The van der Waals surface area contributed by atoms with Crippen LogP contribution in [0.5, 0.6) is 5.75 Å². The van der Waals surface area contributed by atoms with E-state index in [-0.39, 0.29) is 0 Å². The van der Waals surface area contributed by atoms with Crippen LogP contribution in [0.25, 0.3) is 0 Å². The van der Waals surface area contributed by atoms with Gasteiger partial charge in [0, 0.05) is 12.1 Å². The normalized spacial score (nSPS) is 15.5. The molecule has 0 atom stereocenters. The molecule has 0 spiro atoms. The first-order chi connectivity index (χ1) is 15.6. The summed E-state index contributed by atoms with van der Waals surface area (Å²) >= 11 is 0. The monoisotopic (exact) mass is 438 g/mol. The van der Waals surface area contributed by atoms with Gasteiger partial charge in [0.05, 0.1) is 24.2 Å². The van der Waals surface area contributed by atoms with Gasteiger partial charge in [-0.25, -0.2) is 0 Å². The highest BCUT2D eigenvalue weighted by Crippen LogP contribution is 2.29. The van der Waals surface area contributed by atoms with Crippen LogP contribution in [-0.2, 0) is 0 Å². The predicted octanol–water partition coefficient (Wildman–Crippen LogP) is 8.21. The van der Waals surface area contributed by atoms with Gasteiger partial charge in [-0.3, -0.25) is 4.99 Å². The van der Waals surface area contributed by atoms with Crippen LogP contribution in [0.1, 0.15) is 104 Å². The largest absolute Gasteiger partial charge is 0.496 e. The number of methoxy groups -OCH3 is 1. The minimum absolute atomic E-state index is 0.900. The molecular weight excluding hydrogens is 392 g/mol. The van der Waals surface area contributed by atoms with Crippen LogP contribution in [0, 0.1) is 5.92 Å². The van der Waals surface area contributed by atoms with Crippen LogP contribution in [0.4, 0.5) is 0 Å². The van der Waals surface area contributed by atoms with Gasteiger partial charge < -0.3 is 10.1 Å². The molecule has 1 N–H and O–H groups in total. The number of aliphatic imine (C=N–C) groups is 1. The number of hydrogen-bond acceptors (Lipinski definition) is 3. The van der Waals surface area contributed by atoms with Gasteiger partial charge in [-0.15, -0.1) is 0 Å². The SMILES string of the molecule is CC/C=C(\NCCCC)C(N=C(CCCC1CCCCC1)c1ccccc1OC)=C(C)C. The lowest BCUT2D eigenvalue weighted by molar-refractivity contribution is 0.334. The molecule has 0 amide bonds. The van der Waals surface area contributed by atoms with Crippen LogP contribution < -0.4 is 10.1 Å². The highest BCUT2D eigenvalue weighted by atomic mass is 16.5. The number of nitrogens with one attached hydrogen (secondary N) is 1. The minimum atomic E-state index is 0.900. The molecule has 1 aliphatic rings. The van der Waals surface area contributed by atoms with E-state index in [1.165, 1.54) is 69.1 Å². The molecule has 32 heavy (non-hydrogen) atoms. The molecule has 3 heteroatoms. The highest BCUT2D eigenvalue weighted by Gasteiger charge is 2.16. The number of ether oxygens (including phenoxy) is 1. The predicted molar refractivity (Wildman–Crippen MR) is 140 cm³/mol. The van der Waals surface area contributed by atoms with Gasteiger partial charge in [0.1, 0.15) is 5.75 Å². The van der Waals surface area contributed by atoms with E-state index in [9.17, 15) is 0 Å². The number of allylic oxidation sites excluding steroid dienone is 2. The molecule has 1 saturated carbocycles. The minimum Gasteiger partial charge on any atom is -0.496 e. The van der Waals surface area contributed by atoms with E-state index in [4.69, 9.17) is 9.73 Å². The Balaban J connectivity index is 2.33. The van der Waals surface area contributed by atoms with Crippen molar-refractivity contribution in [2.75, 3.05) is 13.7 Å². The van der Waals surface area contributed by atoms with Crippen molar-refractivity contribution in [2.45, 2.75) is 98.3 Å². The molecule has 0 heterocycles. The second-order valence-corrected chi connectivity index (χ2v) is 9.31. The van der Waals surface area contributed by atoms with Crippen molar-refractivity contribution in [3.05, 3.63) is 52.9 Å². The van der Waals surface area contributed by atoms with E-state index in [0.29, 0.717) is 0 Å². The molecular formula is C29H46N2O. The quantitative estimate of drug-likeness (QED) is 0.191. The fourth-order valence-electron chi connectivity index (χ4n) is 4.60. The summed E-state index contributed by atoms with van der Waals surface area (Å²) in [7, 11) is 1.76. The summed E-state index contributed by atoms with van der Waals surface area (Å²) in [5.74, 6) is 1.81. The van der Waals surface area contributed by atoms with Gasteiger partial charge in [0.2, 0.25) is 0 Å². The lowest BCUT2D eigenvalue weighted by Gasteiger charge is -2.22. The fraction of sp³-hybridized carbons (Fsp3) is 0.621. The molecule has 0 unspecified atom stereocenters. The van der Waals surface area contributed by atoms with E-state index in [0.717, 1.165) is 48.0 Å². The molecule has 1 aromatic carbocycles. The van der Waals surface area contributed by atoms with Crippen molar-refractivity contribution < 1.29 is 4.74 Å². The number of benzene rings is 1. The number of hydrogen-bond donors (Lipinski definition) is 1. The Hall–Kier alpha value is -2.03. The third kappa shape index (κ3) is 8.48. The maximum atomic E-state index is 5.72. The van der Waals surface area contributed by atoms with E-state index in [1.807, 2.05) is 6.07 Å². The van der Waals surface area contributed by atoms with Gasteiger partial charge >= 0.3 is 0 Å². The Labute approximate surface area is 197 Å². The average molecular weight is 439 g/mol. The zero-order chi connectivity index (χ0) is 23.2. The Morgan fingerprint density at radius 2 is 1.84 bits per heavy atom. The molecule has 1 aromatic rings. The standard InChI is InChI=1S/C29H46N2O/c1-6-8-22-30-27(15-7-2)29(23(3)4)31-26(25-19-12-13-21-28(25)32-5)20-14-18-24-16-10-9-11-17-24/h12-13,15,19,21,24,30H,6-11,14,16-18,20,22H2,1-5H3/b27-15-,31-26?. The number of nitrogens with zero attached hydrogens (tertiary/aromatic N) is 1. The molecule has 0 bridgehead atoms. The zero-order valence-electron chi connectivity index (χ0n) is 21.3. The summed E-state index contributed by atoms with van der Waals surface area (Å²) in [6.45, 7) is 9.76. The van der Waals surface area contributed by atoms with Gasteiger partial charge in [-0.05, 0) is 63.2 Å². The first kappa shape index (κ1) is 26.2.